The number of ether oxygens (including phenoxy) is 2. The highest BCUT2D eigenvalue weighted by Crippen LogP contribution is 2.27. The summed E-state index contributed by atoms with van der Waals surface area (Å²) in [7, 11) is 0. The van der Waals surface area contributed by atoms with Gasteiger partial charge in [0.25, 0.3) is 0 Å². The van der Waals surface area contributed by atoms with E-state index in [4.69, 9.17) is 20.9 Å². The van der Waals surface area contributed by atoms with Crippen LogP contribution in [-0.2, 0) is 0 Å². The molecule has 0 aromatic heterocycles. The van der Waals surface area contributed by atoms with Crippen molar-refractivity contribution in [3.8, 4) is 11.5 Å². The molecule has 0 heterocycles. The van der Waals surface area contributed by atoms with Crippen molar-refractivity contribution in [3.05, 3.63) is 57.9 Å². The summed E-state index contributed by atoms with van der Waals surface area (Å²) in [6.07, 6.45) is 2.80. The van der Waals surface area contributed by atoms with Gasteiger partial charge in [-0.1, -0.05) is 31.9 Å². The fourth-order valence-corrected chi connectivity index (χ4v) is 2.10. The summed E-state index contributed by atoms with van der Waals surface area (Å²) in [5.41, 5.74) is 12.6. The minimum absolute atomic E-state index is 0.541. The van der Waals surface area contributed by atoms with Crippen LogP contribution in [0.5, 0.6) is 11.5 Å². The molecule has 0 amide bonds. The SMILES string of the molecule is Nc1ccc(Br)cc1OC=COc1cc(Br)ccc1N. The predicted octanol–water partition coefficient (Wildman–Crippen LogP) is 4.31. The number of halogens is 2. The molecule has 2 aromatic rings. The third kappa shape index (κ3) is 3.91. The number of anilines is 2. The van der Waals surface area contributed by atoms with E-state index >= 15 is 0 Å². The maximum Gasteiger partial charge on any atom is 0.150 e. The summed E-state index contributed by atoms with van der Waals surface area (Å²) in [6.45, 7) is 0. The summed E-state index contributed by atoms with van der Waals surface area (Å²) < 4.78 is 12.6. The molecule has 0 aliphatic rings. The van der Waals surface area contributed by atoms with Crippen LogP contribution in [0.15, 0.2) is 57.9 Å². The molecule has 2 rings (SSSR count). The first-order valence-electron chi connectivity index (χ1n) is 5.64. The maximum absolute atomic E-state index is 5.78. The lowest BCUT2D eigenvalue weighted by Gasteiger charge is -2.06. The summed E-state index contributed by atoms with van der Waals surface area (Å²) in [6, 6.07) is 10.7. The molecular weight excluding hydrogens is 388 g/mol. The monoisotopic (exact) mass is 398 g/mol. The molecule has 6 heteroatoms. The molecule has 4 nitrogen and oxygen atoms in total. The molecule has 2 aromatic carbocycles. The van der Waals surface area contributed by atoms with Gasteiger partial charge in [-0.3, -0.25) is 0 Å². The first kappa shape index (κ1) is 14.7. The highest BCUT2D eigenvalue weighted by Gasteiger charge is 2.01. The van der Waals surface area contributed by atoms with E-state index in [1.165, 1.54) is 12.5 Å². The molecular formula is C14H12Br2N2O2. The fourth-order valence-electron chi connectivity index (χ4n) is 1.42. The Hall–Kier alpha value is -1.66. The second-order valence-electron chi connectivity index (χ2n) is 3.87. The Bertz CT molecular complexity index is 590. The van der Waals surface area contributed by atoms with Gasteiger partial charge in [-0.05, 0) is 36.4 Å². The zero-order chi connectivity index (χ0) is 14.5. The van der Waals surface area contributed by atoms with Gasteiger partial charge in [0.2, 0.25) is 0 Å². The number of nitrogens with two attached hydrogens (primary N) is 2. The highest BCUT2D eigenvalue weighted by molar-refractivity contribution is 9.10. The smallest absolute Gasteiger partial charge is 0.150 e. The topological polar surface area (TPSA) is 70.5 Å². The zero-order valence-electron chi connectivity index (χ0n) is 10.3. The fraction of sp³-hybridized carbons (Fsp3) is 0. The first-order valence-corrected chi connectivity index (χ1v) is 7.23. The average Bonchev–Trinajstić information content (AvgIpc) is 2.42. The van der Waals surface area contributed by atoms with Crippen LogP contribution in [-0.4, -0.2) is 0 Å². The van der Waals surface area contributed by atoms with Gasteiger partial charge in [-0.15, -0.1) is 0 Å². The second kappa shape index (κ2) is 6.67. The molecule has 0 bridgehead atoms. The van der Waals surface area contributed by atoms with E-state index in [-0.39, 0.29) is 0 Å². The Labute approximate surface area is 133 Å². The molecule has 20 heavy (non-hydrogen) atoms. The summed E-state index contributed by atoms with van der Waals surface area (Å²) in [4.78, 5) is 0. The number of benzene rings is 2. The lowest BCUT2D eigenvalue weighted by atomic mass is 10.3. The zero-order valence-corrected chi connectivity index (χ0v) is 13.5. The van der Waals surface area contributed by atoms with E-state index in [9.17, 15) is 0 Å². The predicted molar refractivity (Wildman–Crippen MR) is 87.5 cm³/mol. The minimum atomic E-state index is 0.541. The number of nitrogen functional groups attached to an aromatic ring is 2. The lowest BCUT2D eigenvalue weighted by molar-refractivity contribution is 0.424. The maximum atomic E-state index is 5.78. The van der Waals surface area contributed by atoms with Gasteiger partial charge >= 0.3 is 0 Å². The Kier molecular flexibility index (Phi) is 4.92. The number of hydrogen-bond acceptors (Lipinski definition) is 4. The van der Waals surface area contributed by atoms with Crippen LogP contribution in [0.1, 0.15) is 0 Å². The van der Waals surface area contributed by atoms with Crippen molar-refractivity contribution < 1.29 is 9.47 Å². The van der Waals surface area contributed by atoms with Gasteiger partial charge in [0.1, 0.15) is 12.5 Å². The van der Waals surface area contributed by atoms with Crippen molar-refractivity contribution in [2.24, 2.45) is 0 Å². The van der Waals surface area contributed by atoms with Crippen molar-refractivity contribution in [2.75, 3.05) is 11.5 Å². The number of rotatable bonds is 4. The van der Waals surface area contributed by atoms with Gasteiger partial charge in [0, 0.05) is 8.95 Å². The standard InChI is InChI=1S/C14H12Br2N2O2/c15-9-1-3-11(17)13(7-9)19-5-6-20-14-8-10(16)2-4-12(14)18/h1-8H,17-18H2. The third-order valence-electron chi connectivity index (χ3n) is 2.40. The molecule has 4 N–H and O–H groups in total. The third-order valence-corrected chi connectivity index (χ3v) is 3.38. The van der Waals surface area contributed by atoms with E-state index in [2.05, 4.69) is 31.9 Å². The van der Waals surface area contributed by atoms with E-state index in [0.29, 0.717) is 22.9 Å². The van der Waals surface area contributed by atoms with E-state index < -0.39 is 0 Å². The lowest BCUT2D eigenvalue weighted by Crippen LogP contribution is -1.94. The van der Waals surface area contributed by atoms with Crippen molar-refractivity contribution >= 4 is 43.2 Å². The minimum Gasteiger partial charge on any atom is -0.460 e. The first-order chi connectivity index (χ1) is 9.56. The molecule has 0 atom stereocenters. The molecule has 0 saturated heterocycles. The van der Waals surface area contributed by atoms with Crippen molar-refractivity contribution in [2.45, 2.75) is 0 Å². The van der Waals surface area contributed by atoms with Gasteiger partial charge in [0.15, 0.2) is 11.5 Å². The van der Waals surface area contributed by atoms with Gasteiger partial charge < -0.3 is 20.9 Å². The Morgan fingerprint density at radius 2 is 1.15 bits per heavy atom. The van der Waals surface area contributed by atoms with Gasteiger partial charge in [0.05, 0.1) is 11.4 Å². The normalized spacial score (nSPS) is 10.7. The van der Waals surface area contributed by atoms with Crippen LogP contribution < -0.4 is 20.9 Å². The Morgan fingerprint density at radius 3 is 1.55 bits per heavy atom. The quantitative estimate of drug-likeness (QED) is 0.593. The van der Waals surface area contributed by atoms with Crippen LogP contribution in [0.4, 0.5) is 11.4 Å². The van der Waals surface area contributed by atoms with E-state index in [1.54, 1.807) is 24.3 Å². The average molecular weight is 400 g/mol. The van der Waals surface area contributed by atoms with Crippen LogP contribution in [0.3, 0.4) is 0 Å². The van der Waals surface area contributed by atoms with Gasteiger partial charge in [-0.25, -0.2) is 0 Å². The largest absolute Gasteiger partial charge is 0.460 e. The molecule has 0 aliphatic heterocycles. The molecule has 104 valence electrons. The number of hydrogen-bond donors (Lipinski definition) is 2. The van der Waals surface area contributed by atoms with Crippen LogP contribution in [0.25, 0.3) is 0 Å². The van der Waals surface area contributed by atoms with Crippen LogP contribution >= 0.6 is 31.9 Å². The van der Waals surface area contributed by atoms with Crippen molar-refractivity contribution in [3.63, 3.8) is 0 Å². The van der Waals surface area contributed by atoms with Crippen LogP contribution in [0, 0.1) is 0 Å². The summed E-state index contributed by atoms with van der Waals surface area (Å²) in [5.74, 6) is 1.09. The molecule has 0 saturated carbocycles. The van der Waals surface area contributed by atoms with E-state index in [0.717, 1.165) is 8.95 Å². The molecule has 0 radical (unpaired) electrons. The molecule has 0 fully saturated rings. The highest BCUT2D eigenvalue weighted by atomic mass is 79.9. The Morgan fingerprint density at radius 1 is 0.750 bits per heavy atom. The van der Waals surface area contributed by atoms with Gasteiger partial charge in [-0.2, -0.15) is 0 Å². The second-order valence-corrected chi connectivity index (χ2v) is 5.70. The molecule has 0 spiro atoms. The Balaban J connectivity index is 2.00. The van der Waals surface area contributed by atoms with E-state index in [1.807, 2.05) is 12.1 Å². The van der Waals surface area contributed by atoms with Crippen molar-refractivity contribution in [1.82, 2.24) is 0 Å². The van der Waals surface area contributed by atoms with Crippen LogP contribution in [0.2, 0.25) is 0 Å². The molecule has 0 unspecified atom stereocenters. The van der Waals surface area contributed by atoms with Crippen molar-refractivity contribution in [1.29, 1.82) is 0 Å². The summed E-state index contributed by atoms with van der Waals surface area (Å²) >= 11 is 6.69. The molecule has 0 aliphatic carbocycles. The summed E-state index contributed by atoms with van der Waals surface area (Å²) in [5, 5.41) is 0.